The molecule has 0 saturated heterocycles. The van der Waals surface area contributed by atoms with Gasteiger partial charge in [-0.1, -0.05) is 180 Å². The molecule has 1 aliphatic carbocycles. The van der Waals surface area contributed by atoms with Gasteiger partial charge in [0.2, 0.25) is 5.91 Å². The van der Waals surface area contributed by atoms with Gasteiger partial charge in [-0.25, -0.2) is 4.39 Å². The van der Waals surface area contributed by atoms with Gasteiger partial charge in [-0.3, -0.25) is 9.78 Å². The third kappa shape index (κ3) is 26.6. The maximum Gasteiger partial charge on any atom is 0.231 e. The summed E-state index contributed by atoms with van der Waals surface area (Å²) in [5.74, 6) is -0.358. The van der Waals surface area contributed by atoms with Gasteiger partial charge >= 0.3 is 0 Å². The van der Waals surface area contributed by atoms with Crippen molar-refractivity contribution >= 4 is 85.7 Å². The Bertz CT molecular complexity index is 5620. The minimum absolute atomic E-state index is 0.00135. The number of benzene rings is 12. The summed E-state index contributed by atoms with van der Waals surface area (Å²) < 4.78 is 13.6. The molecule has 4 atom stereocenters. The van der Waals surface area contributed by atoms with Crippen LogP contribution in [0.15, 0.2) is 285 Å². The zero-order valence-corrected chi connectivity index (χ0v) is 76.0. The summed E-state index contributed by atoms with van der Waals surface area (Å²) in [7, 11) is 0. The van der Waals surface area contributed by atoms with Crippen molar-refractivity contribution in [3.05, 3.63) is 390 Å². The van der Waals surface area contributed by atoms with Gasteiger partial charge in [-0.15, -0.1) is 0 Å². The van der Waals surface area contributed by atoms with Crippen LogP contribution >= 0.6 is 34.8 Å². The number of hydrogen-bond acceptors (Lipinski definition) is 20. The molecule has 2 heterocycles. The van der Waals surface area contributed by atoms with Crippen LogP contribution in [0.3, 0.4) is 0 Å². The lowest BCUT2D eigenvalue weighted by Gasteiger charge is -2.26. The van der Waals surface area contributed by atoms with E-state index in [1.54, 1.807) is 23.1 Å². The van der Waals surface area contributed by atoms with Gasteiger partial charge < -0.3 is 95.8 Å². The predicted octanol–water partition coefficient (Wildman–Crippen LogP) is 14.5. The molecule has 15 rings (SSSR count). The van der Waals surface area contributed by atoms with E-state index in [9.17, 15) is 75.6 Å². The zero-order chi connectivity index (χ0) is 93.4. The van der Waals surface area contributed by atoms with E-state index in [0.717, 1.165) is 125 Å². The number of fused-ring (bicyclic) bond motifs is 3. The number of aryl methyl sites for hydroxylation is 1. The Morgan fingerprint density at radius 1 is 0.333 bits per heavy atom. The minimum Gasteiger partial charge on any atom is -0.506 e. The number of aromatic nitrogens is 1. The molecule has 4 unspecified atom stereocenters. The molecule has 13 N–H and O–H groups in total. The van der Waals surface area contributed by atoms with Crippen LogP contribution in [0.5, 0.6) is 5.75 Å². The second-order valence-corrected chi connectivity index (χ2v) is 33.8. The van der Waals surface area contributed by atoms with Crippen LogP contribution in [0.4, 0.5) is 38.5 Å². The first kappa shape index (κ1) is 99.6. The Balaban J connectivity index is 0.000000159. The number of carbonyl (C=O) groups excluding carboxylic acids is 1. The number of β-amino-alcohol motifs (C(OH)–C–C–N with tert-alkyl or cyclic N) is 1. The summed E-state index contributed by atoms with van der Waals surface area (Å²) in [5.41, 5.74) is 22.8. The Kier molecular flexibility index (Phi) is 38.1. The number of pyridine rings is 1. The van der Waals surface area contributed by atoms with Crippen molar-refractivity contribution in [2.24, 2.45) is 0 Å². The van der Waals surface area contributed by atoms with Crippen LogP contribution < -0.4 is 29.4 Å². The molecule has 12 aromatic carbocycles. The molecule has 692 valence electrons. The SMILES string of the molecule is O=C1Cc2cc(C(c3ccc(Cl)cc3)c3ccc(N(CCO)CCO)cc3)ccc2N1CCO.OCCN(CCO)c1ccc(C(c2ccc(Cl)cc2)c2ccc3c(c2)CC(O)CC3)cc1.OCCN(CCO)c1ccc(C(c2ccc(Cl)cc2)c2ccc3ncc(O)cc3c2)cc1.OCCN(CCO)c1ccc(C(c2ccc(F)cc2)c2ccc(N(CCO)CCO)cc2)cc1. The van der Waals surface area contributed by atoms with Gasteiger partial charge in [0.1, 0.15) is 11.6 Å². The fraction of sp³-hybridized carbons (Fsp3) is 0.290. The van der Waals surface area contributed by atoms with Crippen LogP contribution in [-0.2, 0) is 24.1 Å². The quantitative estimate of drug-likeness (QED) is 0.0159. The molecular formula is C107H117Cl3FN7O14. The summed E-state index contributed by atoms with van der Waals surface area (Å²) in [6.07, 6.45) is 3.95. The highest BCUT2D eigenvalue weighted by Crippen LogP contribution is 2.42. The number of aromatic hydroxyl groups is 1. The third-order valence-corrected chi connectivity index (χ3v) is 24.7. The molecule has 1 aromatic heterocycles. The molecule has 0 fully saturated rings. The first-order chi connectivity index (χ1) is 64.3. The highest BCUT2D eigenvalue weighted by atomic mass is 35.5. The molecular weight excluding hydrogens is 1730 g/mol. The fourth-order valence-corrected chi connectivity index (χ4v) is 17.9. The lowest BCUT2D eigenvalue weighted by Crippen LogP contribution is -2.29. The maximum absolute atomic E-state index is 13.6. The normalized spacial score (nSPS) is 13.3. The van der Waals surface area contributed by atoms with Gasteiger partial charge in [-0.05, 0) is 236 Å². The van der Waals surface area contributed by atoms with Crippen LogP contribution in [0.1, 0.15) is 114 Å². The highest BCUT2D eigenvalue weighted by molar-refractivity contribution is 6.31. The largest absolute Gasteiger partial charge is 0.506 e. The average Bonchev–Trinajstić information content (AvgIpc) is 1.66. The van der Waals surface area contributed by atoms with E-state index in [2.05, 4.69) is 89.9 Å². The van der Waals surface area contributed by atoms with E-state index in [-0.39, 0.29) is 120 Å². The summed E-state index contributed by atoms with van der Waals surface area (Å²) in [6, 6.07) is 91.2. The number of amides is 1. The third-order valence-electron chi connectivity index (χ3n) is 24.0. The molecule has 0 spiro atoms. The van der Waals surface area contributed by atoms with Crippen molar-refractivity contribution in [2.45, 2.75) is 55.5 Å². The summed E-state index contributed by atoms with van der Waals surface area (Å²) >= 11 is 18.4. The van der Waals surface area contributed by atoms with Crippen LogP contribution in [0.2, 0.25) is 15.1 Å². The number of nitrogens with zero attached hydrogens (tertiary/aromatic N) is 7. The summed E-state index contributed by atoms with van der Waals surface area (Å²) in [4.78, 5) is 28.1. The van der Waals surface area contributed by atoms with Gasteiger partial charge in [0, 0.05) is 150 Å². The zero-order valence-electron chi connectivity index (χ0n) is 73.8. The monoisotopic (exact) mass is 1850 g/mol. The highest BCUT2D eigenvalue weighted by Gasteiger charge is 2.30. The molecule has 21 nitrogen and oxygen atoms in total. The molecule has 1 aliphatic heterocycles. The van der Waals surface area contributed by atoms with E-state index >= 15 is 0 Å². The predicted molar refractivity (Wildman–Crippen MR) is 526 cm³/mol. The van der Waals surface area contributed by atoms with Crippen molar-refractivity contribution in [1.82, 2.24) is 4.98 Å². The van der Waals surface area contributed by atoms with Crippen molar-refractivity contribution in [3.63, 3.8) is 0 Å². The summed E-state index contributed by atoms with van der Waals surface area (Å²) in [5, 5.41) is 126. The average molecular weight is 1850 g/mol. The Morgan fingerprint density at radius 3 is 0.939 bits per heavy atom. The first-order valence-corrected chi connectivity index (χ1v) is 45.7. The molecule has 0 radical (unpaired) electrons. The number of rotatable bonds is 39. The number of aliphatic hydroxyl groups is 12. The Hall–Kier alpha value is -11.4. The lowest BCUT2D eigenvalue weighted by atomic mass is 9.81. The second-order valence-electron chi connectivity index (χ2n) is 32.5. The molecule has 13 aromatic rings. The van der Waals surface area contributed by atoms with E-state index < -0.39 is 0 Å². The molecule has 0 saturated carbocycles. The number of aliphatic hydroxyl groups excluding tert-OH is 12. The van der Waals surface area contributed by atoms with E-state index in [1.165, 1.54) is 35.0 Å². The van der Waals surface area contributed by atoms with Crippen molar-refractivity contribution in [1.29, 1.82) is 0 Å². The lowest BCUT2D eigenvalue weighted by molar-refractivity contribution is -0.117. The maximum atomic E-state index is 13.6. The minimum atomic E-state index is -0.291. The number of anilines is 6. The van der Waals surface area contributed by atoms with E-state index in [1.807, 2.05) is 188 Å². The number of hydrogen-bond donors (Lipinski definition) is 13. The molecule has 2 aliphatic rings. The van der Waals surface area contributed by atoms with Crippen molar-refractivity contribution < 1.29 is 75.6 Å². The van der Waals surface area contributed by atoms with Gasteiger partial charge in [-0.2, -0.15) is 0 Å². The van der Waals surface area contributed by atoms with Crippen molar-refractivity contribution in [3.8, 4) is 5.75 Å². The fourth-order valence-electron chi connectivity index (χ4n) is 17.6. The Labute approximate surface area is 786 Å². The molecule has 132 heavy (non-hydrogen) atoms. The number of carbonyl (C=O) groups is 1. The molecule has 0 bridgehead atoms. The van der Waals surface area contributed by atoms with Gasteiger partial charge in [0.15, 0.2) is 0 Å². The van der Waals surface area contributed by atoms with Gasteiger partial charge in [0.05, 0.1) is 96.9 Å². The van der Waals surface area contributed by atoms with Crippen LogP contribution in [0.25, 0.3) is 10.9 Å². The van der Waals surface area contributed by atoms with Crippen LogP contribution in [-0.4, -0.2) is 228 Å². The topological polar surface area (TPSA) is 312 Å². The Morgan fingerprint density at radius 2 is 0.614 bits per heavy atom. The molecule has 25 heteroatoms. The van der Waals surface area contributed by atoms with Crippen molar-refractivity contribution in [2.75, 3.05) is 174 Å². The second kappa shape index (κ2) is 50.5. The smallest absolute Gasteiger partial charge is 0.231 e. The molecule has 1 amide bonds. The van der Waals surface area contributed by atoms with Crippen LogP contribution in [0, 0.1) is 5.82 Å². The number of halogens is 4. The van der Waals surface area contributed by atoms with Gasteiger partial charge in [0.25, 0.3) is 0 Å². The standard InChI is InChI=1S/C27H29ClN2O4.C27H30ClNO3.C27H33FN2O4.C26H25ClN2O3/c28-23-6-1-19(2-7-23)27(20-3-8-24(9-4-20)29(11-14-31)12-15-32)21-5-10-25-22(17-21)18-26(34)30(25)13-16-33;28-24-8-3-20(4-9-24)27(22-2-1-19-7-12-26(32)18-23(19)17-22)21-5-10-25(11-6-21)29(13-15-30)14-16-31;28-24-7-1-21(2-8-24)27(22-3-9-25(10-4-22)29(13-17-31)14-18-32)23-5-11-26(12-6-23)30(15-19-33)16-20-34;27-22-6-1-18(2-7-22)26(20-5-10-25-21(15-20)16-24(32)17-28-25)19-3-8-23(9-4-19)29(11-13-30)12-14-31/h1-10,17,27,31-33H,11-16,18H2;1-6,8-11,17,26-27,30-32H,7,12-16,18H2;1-12,27,31-34H,13-20H2;1-10,15-17,26,30-32H,11-14H2. The van der Waals surface area contributed by atoms with E-state index in [4.69, 9.17) is 34.8 Å². The van der Waals surface area contributed by atoms with E-state index in [0.29, 0.717) is 99.9 Å². The first-order valence-electron chi connectivity index (χ1n) is 44.6. The summed E-state index contributed by atoms with van der Waals surface area (Å²) in [6.45, 7) is 4.85.